The van der Waals surface area contributed by atoms with Gasteiger partial charge in [-0.3, -0.25) is 9.59 Å². The third-order valence-electron chi connectivity index (χ3n) is 10.7. The number of aliphatic carboxylic acids is 1. The van der Waals surface area contributed by atoms with Crippen molar-refractivity contribution in [1.29, 1.82) is 0 Å². The molecule has 69 heavy (non-hydrogen) atoms. The minimum atomic E-state index is -1.64. The number of esters is 2. The second-order valence-electron chi connectivity index (χ2n) is 18.4. The van der Waals surface area contributed by atoms with Gasteiger partial charge in [0.25, 0.3) is 0 Å². The zero-order valence-electron chi connectivity index (χ0n) is 44.1. The molecule has 0 aromatic heterocycles. The molecule has 0 fully saturated rings. The van der Waals surface area contributed by atoms with Crippen molar-refractivity contribution < 1.29 is 42.9 Å². The largest absolute Gasteiger partial charge is 0.545 e. The van der Waals surface area contributed by atoms with Crippen molar-refractivity contribution in [3.8, 4) is 0 Å². The zero-order chi connectivity index (χ0) is 50.6. The highest BCUT2D eigenvalue weighted by Crippen LogP contribution is 2.12. The smallest absolute Gasteiger partial charge is 0.306 e. The van der Waals surface area contributed by atoms with E-state index in [1.54, 1.807) is 0 Å². The third-order valence-corrected chi connectivity index (χ3v) is 10.7. The highest BCUT2D eigenvalue weighted by molar-refractivity contribution is 5.70. The molecule has 0 aromatic carbocycles. The van der Waals surface area contributed by atoms with Crippen LogP contribution < -0.4 is 5.11 Å². The molecule has 2 unspecified atom stereocenters. The van der Waals surface area contributed by atoms with Crippen LogP contribution in [-0.2, 0) is 33.3 Å². The van der Waals surface area contributed by atoms with Crippen molar-refractivity contribution in [2.75, 3.05) is 47.5 Å². The third kappa shape index (κ3) is 51.4. The lowest BCUT2D eigenvalue weighted by Gasteiger charge is -2.26. The van der Waals surface area contributed by atoms with E-state index in [1.807, 2.05) is 21.1 Å². The molecule has 0 N–H and O–H groups in total. The fourth-order valence-corrected chi connectivity index (χ4v) is 6.58. The predicted octanol–water partition coefficient (Wildman–Crippen LogP) is 14.0. The molecular weight excluding hydrogens is 863 g/mol. The molecule has 0 aliphatic heterocycles. The molecule has 0 aliphatic rings. The number of unbranched alkanes of at least 4 members (excludes halogenated alkanes) is 12. The molecule has 0 saturated carbocycles. The van der Waals surface area contributed by atoms with Gasteiger partial charge in [0, 0.05) is 12.8 Å². The number of rotatable bonds is 47. The van der Waals surface area contributed by atoms with E-state index in [4.69, 9.17) is 18.9 Å². The topological polar surface area (TPSA) is 111 Å². The Morgan fingerprint density at radius 1 is 0.449 bits per heavy atom. The Kier molecular flexibility index (Phi) is 47.0. The van der Waals surface area contributed by atoms with E-state index in [0.717, 1.165) is 116 Å². The molecule has 9 heteroatoms. The van der Waals surface area contributed by atoms with Gasteiger partial charge in [0.15, 0.2) is 12.4 Å². The molecule has 0 amide bonds. The second-order valence-corrected chi connectivity index (χ2v) is 18.4. The van der Waals surface area contributed by atoms with Gasteiger partial charge >= 0.3 is 11.9 Å². The maximum Gasteiger partial charge on any atom is 0.306 e. The Bertz CT molecular complexity index is 1540. The van der Waals surface area contributed by atoms with Crippen LogP contribution in [-0.4, -0.2) is 82.3 Å². The molecule has 0 heterocycles. The van der Waals surface area contributed by atoms with E-state index in [0.29, 0.717) is 17.4 Å². The summed E-state index contributed by atoms with van der Waals surface area (Å²) in [4.78, 5) is 37.1. The van der Waals surface area contributed by atoms with Crippen molar-refractivity contribution in [3.05, 3.63) is 122 Å². The van der Waals surface area contributed by atoms with Gasteiger partial charge in [0.2, 0.25) is 0 Å². The van der Waals surface area contributed by atoms with Gasteiger partial charge in [-0.15, -0.1) is 0 Å². The van der Waals surface area contributed by atoms with Crippen LogP contribution in [0.15, 0.2) is 122 Å². The average molecular weight is 960 g/mol. The van der Waals surface area contributed by atoms with Crippen LogP contribution >= 0.6 is 0 Å². The molecular formula is C60H97NO8. The second kappa shape index (κ2) is 50.1. The average Bonchev–Trinajstić information content (AvgIpc) is 3.31. The van der Waals surface area contributed by atoms with Crippen LogP contribution in [0.2, 0.25) is 0 Å². The van der Waals surface area contributed by atoms with E-state index in [9.17, 15) is 19.5 Å². The quantitative estimate of drug-likeness (QED) is 0.0195. The number of likely N-dealkylation sites (N-methyl/N-ethyl adjacent to an activating group) is 1. The summed E-state index contributed by atoms with van der Waals surface area (Å²) in [6.07, 6.45) is 66.7. The molecule has 9 nitrogen and oxygen atoms in total. The van der Waals surface area contributed by atoms with Crippen molar-refractivity contribution in [1.82, 2.24) is 0 Å². The Hall–Kier alpha value is -4.31. The van der Waals surface area contributed by atoms with Crippen molar-refractivity contribution in [3.63, 3.8) is 0 Å². The molecule has 0 aliphatic carbocycles. The summed E-state index contributed by atoms with van der Waals surface area (Å²) in [5.41, 5.74) is 0. The lowest BCUT2D eigenvalue weighted by Crippen LogP contribution is -2.44. The van der Waals surface area contributed by atoms with Gasteiger partial charge in [0.05, 0.1) is 40.3 Å². The fourth-order valence-electron chi connectivity index (χ4n) is 6.58. The molecule has 0 rings (SSSR count). The van der Waals surface area contributed by atoms with E-state index in [-0.39, 0.29) is 38.6 Å². The van der Waals surface area contributed by atoms with Crippen LogP contribution in [0.3, 0.4) is 0 Å². The number of hydrogen-bond donors (Lipinski definition) is 0. The van der Waals surface area contributed by atoms with Crippen LogP contribution in [0.1, 0.15) is 181 Å². The first kappa shape index (κ1) is 64.7. The summed E-state index contributed by atoms with van der Waals surface area (Å²) in [5, 5.41) is 11.7. The zero-order valence-corrected chi connectivity index (χ0v) is 44.1. The SMILES string of the molecule is CC/C=C\C/C=C\C/C=C\C/C=C\C/C=C\C/C=C\C/C=C\C/C=C\C/C=C\CCCCCC(=O)OC(COC(=O)CCCCCCC/C=C\CCCCCC)COC(OCC[N+](C)(C)C)C(=O)[O-]. The summed E-state index contributed by atoms with van der Waals surface area (Å²) in [6.45, 7) is 4.53. The van der Waals surface area contributed by atoms with Crippen molar-refractivity contribution in [2.45, 2.75) is 193 Å². The summed E-state index contributed by atoms with van der Waals surface area (Å²) >= 11 is 0. The minimum absolute atomic E-state index is 0.133. The molecule has 0 spiro atoms. The first-order valence-corrected chi connectivity index (χ1v) is 26.7. The van der Waals surface area contributed by atoms with Crippen LogP contribution in [0.4, 0.5) is 0 Å². The monoisotopic (exact) mass is 960 g/mol. The molecule has 0 bridgehead atoms. The first-order chi connectivity index (χ1) is 33.6. The normalized spacial score (nSPS) is 13.8. The van der Waals surface area contributed by atoms with Gasteiger partial charge in [-0.25, -0.2) is 0 Å². The first-order valence-electron chi connectivity index (χ1n) is 26.7. The number of hydrogen-bond acceptors (Lipinski definition) is 8. The molecule has 0 aromatic rings. The lowest BCUT2D eigenvalue weighted by molar-refractivity contribution is -0.870. The maximum absolute atomic E-state index is 12.8. The van der Waals surface area contributed by atoms with Gasteiger partial charge in [-0.05, 0) is 109 Å². The van der Waals surface area contributed by atoms with E-state index in [2.05, 4.69) is 135 Å². The van der Waals surface area contributed by atoms with E-state index in [1.165, 1.54) is 32.1 Å². The van der Waals surface area contributed by atoms with Crippen LogP contribution in [0, 0.1) is 0 Å². The minimum Gasteiger partial charge on any atom is -0.545 e. The number of allylic oxidation sites excluding steroid dienone is 20. The number of carbonyl (C=O) groups is 3. The van der Waals surface area contributed by atoms with Gasteiger partial charge in [0.1, 0.15) is 13.2 Å². The summed E-state index contributed by atoms with van der Waals surface area (Å²) in [6, 6.07) is 0. The molecule has 390 valence electrons. The lowest BCUT2D eigenvalue weighted by atomic mass is 10.1. The Labute approximate surface area is 421 Å². The summed E-state index contributed by atoms with van der Waals surface area (Å²) < 4.78 is 22.6. The highest BCUT2D eigenvalue weighted by atomic mass is 16.7. The number of carboxylic acid groups (broad SMARTS) is 1. The van der Waals surface area contributed by atoms with Crippen LogP contribution in [0.25, 0.3) is 0 Å². The standard InChI is InChI=1S/C60H97NO8/c1-6-8-10-12-14-16-18-20-21-22-23-24-25-26-27-28-29-30-31-32-33-34-35-36-37-39-41-43-45-47-49-51-58(63)69-56(55-68-60(59(64)65)66-53-52-61(3,4)5)54-67-57(62)50-48-46-44-42-40-38-19-17-15-13-11-9-7-2/h8,10,14,16-17,19-21,23-24,26-27,29-30,32-33,35-36,39,41,56,60H,6-7,9,11-13,15,18,22,25,28,31,34,37-38,40,42-55H2,1-5H3/b10-8-,16-14-,19-17-,21-20-,24-23-,27-26-,30-29-,33-32-,36-35-,41-39-. The number of quaternary nitrogens is 1. The van der Waals surface area contributed by atoms with Gasteiger partial charge < -0.3 is 33.3 Å². The van der Waals surface area contributed by atoms with Crippen molar-refractivity contribution >= 4 is 17.9 Å². The van der Waals surface area contributed by atoms with E-state index < -0.39 is 24.3 Å². The molecule has 0 radical (unpaired) electrons. The summed E-state index contributed by atoms with van der Waals surface area (Å²) in [5.74, 6) is -2.36. The highest BCUT2D eigenvalue weighted by Gasteiger charge is 2.21. The summed E-state index contributed by atoms with van der Waals surface area (Å²) in [7, 11) is 5.89. The fraction of sp³-hybridized carbons (Fsp3) is 0.617. The Balaban J connectivity index is 4.38. The van der Waals surface area contributed by atoms with Crippen molar-refractivity contribution in [2.24, 2.45) is 0 Å². The number of ether oxygens (including phenoxy) is 4. The number of carboxylic acids is 1. The van der Waals surface area contributed by atoms with E-state index >= 15 is 0 Å². The van der Waals surface area contributed by atoms with Gasteiger partial charge in [-0.1, -0.05) is 180 Å². The Morgan fingerprint density at radius 3 is 1.26 bits per heavy atom. The predicted molar refractivity (Wildman–Crippen MR) is 287 cm³/mol. The number of carbonyl (C=O) groups excluding carboxylic acids is 3. The van der Waals surface area contributed by atoms with Crippen LogP contribution in [0.5, 0.6) is 0 Å². The molecule has 2 atom stereocenters. The maximum atomic E-state index is 12.8. The molecule has 0 saturated heterocycles. The van der Waals surface area contributed by atoms with Gasteiger partial charge in [-0.2, -0.15) is 0 Å². The Morgan fingerprint density at radius 2 is 0.826 bits per heavy atom. The number of nitrogens with zero attached hydrogens (tertiary/aromatic N) is 1.